The van der Waals surface area contributed by atoms with Gasteiger partial charge in [-0.25, -0.2) is 24.4 Å². The van der Waals surface area contributed by atoms with Crippen LogP contribution in [0.1, 0.15) is 41.0 Å². The highest BCUT2D eigenvalue weighted by Gasteiger charge is 2.44. The molecule has 2 atom stereocenters. The van der Waals surface area contributed by atoms with Crippen molar-refractivity contribution in [3.8, 4) is 11.1 Å². The van der Waals surface area contributed by atoms with Crippen molar-refractivity contribution in [2.45, 2.75) is 43.9 Å². The Kier molecular flexibility index (Phi) is 9.99. The van der Waals surface area contributed by atoms with Gasteiger partial charge in [-0.2, -0.15) is 0 Å². The fourth-order valence-electron chi connectivity index (χ4n) is 6.42. The maximum atomic E-state index is 14.4. The Hall–Kier alpha value is -5.64. The van der Waals surface area contributed by atoms with Gasteiger partial charge >= 0.3 is 18.2 Å². The zero-order chi connectivity index (χ0) is 33.5. The van der Waals surface area contributed by atoms with Gasteiger partial charge in [0.05, 0.1) is 7.11 Å². The van der Waals surface area contributed by atoms with E-state index >= 15 is 0 Å². The van der Waals surface area contributed by atoms with Gasteiger partial charge in [-0.15, -0.1) is 0 Å². The fraction of sp³-hybridized carbons (Fsp3) is 0.263. The molecule has 1 heterocycles. The quantitative estimate of drug-likeness (QED) is 0.179. The van der Waals surface area contributed by atoms with Crippen molar-refractivity contribution in [2.75, 3.05) is 20.3 Å². The topological polar surface area (TPSA) is 114 Å². The summed E-state index contributed by atoms with van der Waals surface area (Å²) in [7, 11) is 1.23. The number of amides is 3. The predicted octanol–water partition coefficient (Wildman–Crippen LogP) is 5.85. The highest BCUT2D eigenvalue weighted by Crippen LogP contribution is 2.44. The summed E-state index contributed by atoms with van der Waals surface area (Å²) >= 11 is 0. The molecule has 6 rings (SSSR count). The lowest BCUT2D eigenvalue weighted by atomic mass is 9.98. The number of esters is 1. The second-order valence-corrected chi connectivity index (χ2v) is 11.7. The summed E-state index contributed by atoms with van der Waals surface area (Å²) in [6.07, 6.45) is -0.797. The predicted molar refractivity (Wildman–Crippen MR) is 177 cm³/mol. The molecule has 1 aliphatic carbocycles. The molecule has 0 aromatic heterocycles. The van der Waals surface area contributed by atoms with E-state index in [0.717, 1.165) is 43.4 Å². The summed E-state index contributed by atoms with van der Waals surface area (Å²) in [4.78, 5) is 54.3. The van der Waals surface area contributed by atoms with Crippen LogP contribution in [-0.4, -0.2) is 66.4 Å². The first-order valence-corrected chi connectivity index (χ1v) is 16.0. The fourth-order valence-corrected chi connectivity index (χ4v) is 6.42. The summed E-state index contributed by atoms with van der Waals surface area (Å²) in [5, 5.41) is 4.96. The van der Waals surface area contributed by atoms with Crippen molar-refractivity contribution in [2.24, 2.45) is 0 Å². The SMILES string of the molecule is COC(=O)[C@H]1CCCN(C(=O)OCc2ccccc2)N1C(=O)C(Cc1ccccc1)NC(=O)OCC1c2ccccc2-c2ccccc21. The van der Waals surface area contributed by atoms with E-state index in [0.29, 0.717) is 6.42 Å². The molecule has 1 saturated heterocycles. The number of hydrogen-bond donors (Lipinski definition) is 1. The van der Waals surface area contributed by atoms with Crippen molar-refractivity contribution < 1.29 is 33.4 Å². The van der Waals surface area contributed by atoms with Gasteiger partial charge in [-0.05, 0) is 46.2 Å². The van der Waals surface area contributed by atoms with E-state index in [4.69, 9.17) is 14.2 Å². The molecule has 2 aliphatic rings. The number of ether oxygens (including phenoxy) is 3. The lowest BCUT2D eigenvalue weighted by Gasteiger charge is -2.43. The number of benzene rings is 4. The minimum atomic E-state index is -1.18. The zero-order valence-electron chi connectivity index (χ0n) is 26.6. The third-order valence-corrected chi connectivity index (χ3v) is 8.73. The Labute approximate surface area is 279 Å². The van der Waals surface area contributed by atoms with Crippen molar-refractivity contribution in [3.05, 3.63) is 131 Å². The van der Waals surface area contributed by atoms with Crippen LogP contribution in [-0.2, 0) is 36.8 Å². The lowest BCUT2D eigenvalue weighted by molar-refractivity contribution is -0.173. The number of nitrogens with zero attached hydrogens (tertiary/aromatic N) is 2. The van der Waals surface area contributed by atoms with E-state index < -0.39 is 36.1 Å². The number of alkyl carbamates (subject to hydrolysis) is 1. The molecule has 0 bridgehead atoms. The number of hydrazine groups is 1. The molecule has 3 amide bonds. The molecule has 1 N–H and O–H groups in total. The van der Waals surface area contributed by atoms with Gasteiger partial charge in [0.15, 0.2) is 6.04 Å². The van der Waals surface area contributed by atoms with Crippen LogP contribution < -0.4 is 5.32 Å². The standard InChI is InChI=1S/C38H37N3O7/c1-46-36(43)34-21-12-22-40(38(45)48-24-27-15-6-3-7-16-27)41(34)35(42)33(23-26-13-4-2-5-14-26)39-37(44)47-25-32-30-19-10-8-17-28(30)29-18-9-11-20-31(29)32/h2-11,13-20,32-34H,12,21-25H2,1H3,(H,39,44)/t33?,34-/m1/s1. The summed E-state index contributed by atoms with van der Waals surface area (Å²) < 4.78 is 16.4. The Bertz CT molecular complexity index is 1720. The molecule has 0 radical (unpaired) electrons. The minimum Gasteiger partial charge on any atom is -0.467 e. The monoisotopic (exact) mass is 647 g/mol. The van der Waals surface area contributed by atoms with Crippen molar-refractivity contribution in [1.29, 1.82) is 0 Å². The van der Waals surface area contributed by atoms with Crippen LogP contribution in [0, 0.1) is 0 Å². The van der Waals surface area contributed by atoms with Gasteiger partial charge in [0.25, 0.3) is 5.91 Å². The number of hydrogen-bond acceptors (Lipinski definition) is 7. The zero-order valence-corrected chi connectivity index (χ0v) is 26.6. The number of nitrogens with one attached hydrogen (secondary N) is 1. The summed E-state index contributed by atoms with van der Waals surface area (Å²) in [6, 6.07) is 32.1. The van der Waals surface area contributed by atoms with Crippen LogP contribution in [0.25, 0.3) is 11.1 Å². The van der Waals surface area contributed by atoms with Crippen LogP contribution in [0.3, 0.4) is 0 Å². The molecule has 0 spiro atoms. The number of rotatable bonds is 9. The molecule has 1 aliphatic heterocycles. The average molecular weight is 648 g/mol. The Morgan fingerprint density at radius 1 is 0.771 bits per heavy atom. The summed E-state index contributed by atoms with van der Waals surface area (Å²) in [5.74, 6) is -1.52. The van der Waals surface area contributed by atoms with Crippen LogP contribution >= 0.6 is 0 Å². The lowest BCUT2D eigenvalue weighted by Crippen LogP contribution is -2.64. The van der Waals surface area contributed by atoms with Crippen LogP contribution in [0.5, 0.6) is 0 Å². The van der Waals surface area contributed by atoms with Crippen LogP contribution in [0.2, 0.25) is 0 Å². The second-order valence-electron chi connectivity index (χ2n) is 11.7. The first-order chi connectivity index (χ1) is 23.4. The van der Waals surface area contributed by atoms with Gasteiger partial charge in [0, 0.05) is 18.9 Å². The van der Waals surface area contributed by atoms with Gasteiger partial charge in [-0.1, -0.05) is 109 Å². The molecular weight excluding hydrogens is 610 g/mol. The summed E-state index contributed by atoms with van der Waals surface area (Å²) in [5.41, 5.74) is 5.84. The molecule has 1 fully saturated rings. The number of methoxy groups -OCH3 is 1. The molecule has 10 heteroatoms. The molecule has 48 heavy (non-hydrogen) atoms. The van der Waals surface area contributed by atoms with Crippen molar-refractivity contribution >= 4 is 24.1 Å². The Morgan fingerprint density at radius 3 is 1.98 bits per heavy atom. The van der Waals surface area contributed by atoms with E-state index in [1.807, 2.05) is 97.1 Å². The average Bonchev–Trinajstić information content (AvgIpc) is 3.46. The molecular formula is C38H37N3O7. The molecule has 10 nitrogen and oxygen atoms in total. The van der Waals surface area contributed by atoms with E-state index in [2.05, 4.69) is 17.4 Å². The molecule has 1 unspecified atom stereocenters. The first kappa shape index (κ1) is 32.3. The van der Waals surface area contributed by atoms with E-state index in [-0.39, 0.29) is 38.5 Å². The van der Waals surface area contributed by atoms with E-state index in [1.54, 1.807) is 0 Å². The smallest absolute Gasteiger partial charge is 0.429 e. The molecule has 246 valence electrons. The number of carbonyl (C=O) groups is 4. The highest BCUT2D eigenvalue weighted by molar-refractivity contribution is 5.91. The van der Waals surface area contributed by atoms with Crippen molar-refractivity contribution in [3.63, 3.8) is 0 Å². The number of carbonyl (C=O) groups excluding carboxylic acids is 4. The minimum absolute atomic E-state index is 0.0213. The van der Waals surface area contributed by atoms with E-state index in [1.165, 1.54) is 7.11 Å². The second kappa shape index (κ2) is 14.8. The Morgan fingerprint density at radius 2 is 1.35 bits per heavy atom. The first-order valence-electron chi connectivity index (χ1n) is 16.0. The largest absolute Gasteiger partial charge is 0.467 e. The van der Waals surface area contributed by atoms with Crippen LogP contribution in [0.4, 0.5) is 9.59 Å². The van der Waals surface area contributed by atoms with Gasteiger partial charge in [0.2, 0.25) is 0 Å². The van der Waals surface area contributed by atoms with Gasteiger partial charge in [-0.3, -0.25) is 4.79 Å². The highest BCUT2D eigenvalue weighted by atomic mass is 16.6. The number of fused-ring (bicyclic) bond motifs is 3. The van der Waals surface area contributed by atoms with Crippen molar-refractivity contribution in [1.82, 2.24) is 15.3 Å². The normalized spacial score (nSPS) is 15.9. The molecule has 4 aromatic carbocycles. The molecule has 0 saturated carbocycles. The third kappa shape index (κ3) is 7.02. The van der Waals surface area contributed by atoms with Gasteiger partial charge < -0.3 is 19.5 Å². The Balaban J connectivity index is 1.23. The molecule has 4 aromatic rings. The van der Waals surface area contributed by atoms with Crippen LogP contribution in [0.15, 0.2) is 109 Å². The maximum absolute atomic E-state index is 14.4. The third-order valence-electron chi connectivity index (χ3n) is 8.73. The van der Waals surface area contributed by atoms with E-state index in [9.17, 15) is 19.2 Å². The van der Waals surface area contributed by atoms with Gasteiger partial charge in [0.1, 0.15) is 19.3 Å². The maximum Gasteiger partial charge on any atom is 0.429 e. The summed E-state index contributed by atoms with van der Waals surface area (Å²) in [6.45, 7) is 0.168.